The monoisotopic (exact) mass is 702 g/mol. The molecule has 0 unspecified atom stereocenters. The third kappa shape index (κ3) is 9.42. The molecule has 0 amide bonds. The molecule has 2 aromatic carbocycles. The van der Waals surface area contributed by atoms with Crippen LogP contribution in [0.4, 0.5) is 10.6 Å². The molecule has 0 fully saturated rings. The van der Waals surface area contributed by atoms with E-state index in [0.29, 0.717) is 16.2 Å². The van der Waals surface area contributed by atoms with Gasteiger partial charge in [-0.05, 0) is 47.4 Å². The smallest absolute Gasteiger partial charge is 0.496 e. The minimum Gasteiger partial charge on any atom is -0.496 e. The number of aromatic nitrogens is 5. The summed E-state index contributed by atoms with van der Waals surface area (Å²) in [7, 11) is -2.63. The lowest BCUT2D eigenvalue weighted by molar-refractivity contribution is 0.0405. The second kappa shape index (κ2) is 15.7. The Bertz CT molecular complexity index is 1980. The normalized spacial score (nSPS) is 11.4. The summed E-state index contributed by atoms with van der Waals surface area (Å²) in [4.78, 5) is 34.7. The standard InChI is InChI=1S/C34H34N6O7S2/c1-34(2,3)24-12-14-25(15-13-24)49(42,43)40-29-28(48-27-11-6-5-10-26(27)44-4)32(39-31(38-29)30-36-17-8-18-37-30)45-19-20-46-33(41)47-22-23-9-7-16-35-21-23/h5-18,21H,19-20,22H2,1-4H3,(H,38,39,40). The van der Waals surface area contributed by atoms with Gasteiger partial charge in [-0.2, -0.15) is 4.98 Å². The van der Waals surface area contributed by atoms with Gasteiger partial charge in [-0.25, -0.2) is 28.2 Å². The second-order valence-electron chi connectivity index (χ2n) is 11.3. The maximum Gasteiger partial charge on any atom is 0.508 e. The van der Waals surface area contributed by atoms with Crippen molar-refractivity contribution in [2.24, 2.45) is 0 Å². The zero-order valence-electron chi connectivity index (χ0n) is 27.2. The third-order valence-electron chi connectivity index (χ3n) is 6.76. The molecule has 0 atom stereocenters. The molecule has 254 valence electrons. The summed E-state index contributed by atoms with van der Waals surface area (Å²) >= 11 is 1.13. The minimum absolute atomic E-state index is 0.00226. The predicted octanol–water partition coefficient (Wildman–Crippen LogP) is 6.32. The maximum absolute atomic E-state index is 13.8. The van der Waals surface area contributed by atoms with Gasteiger partial charge in [-0.15, -0.1) is 0 Å². The Labute approximate surface area is 288 Å². The number of nitrogens with zero attached hydrogens (tertiary/aromatic N) is 5. The van der Waals surface area contributed by atoms with Crippen LogP contribution in [0.1, 0.15) is 31.9 Å². The van der Waals surface area contributed by atoms with E-state index in [-0.39, 0.29) is 58.4 Å². The fraction of sp³-hybridized carbons (Fsp3) is 0.235. The van der Waals surface area contributed by atoms with E-state index in [1.807, 2.05) is 32.9 Å². The maximum atomic E-state index is 13.8. The number of benzene rings is 2. The molecule has 0 saturated carbocycles. The van der Waals surface area contributed by atoms with E-state index in [9.17, 15) is 13.2 Å². The Balaban J connectivity index is 1.47. The highest BCUT2D eigenvalue weighted by atomic mass is 32.2. The Hall–Kier alpha value is -5.28. The Morgan fingerprint density at radius 3 is 2.31 bits per heavy atom. The van der Waals surface area contributed by atoms with Crippen molar-refractivity contribution in [1.29, 1.82) is 0 Å². The summed E-state index contributed by atoms with van der Waals surface area (Å²) in [5, 5.41) is 0. The summed E-state index contributed by atoms with van der Waals surface area (Å²) in [6.07, 6.45) is 5.31. The van der Waals surface area contributed by atoms with E-state index in [2.05, 4.69) is 29.6 Å². The van der Waals surface area contributed by atoms with Crippen LogP contribution in [0, 0.1) is 0 Å². The van der Waals surface area contributed by atoms with E-state index in [4.69, 9.17) is 18.9 Å². The number of carbonyl (C=O) groups excluding carboxylic acids is 1. The van der Waals surface area contributed by atoms with Crippen molar-refractivity contribution in [3.05, 3.63) is 103 Å². The van der Waals surface area contributed by atoms with Crippen molar-refractivity contribution in [2.75, 3.05) is 25.0 Å². The first-order chi connectivity index (χ1) is 23.5. The summed E-state index contributed by atoms with van der Waals surface area (Å²) in [6, 6.07) is 18.9. The van der Waals surface area contributed by atoms with Crippen LogP contribution in [-0.4, -0.2) is 59.8 Å². The van der Waals surface area contributed by atoms with E-state index in [0.717, 1.165) is 17.3 Å². The van der Waals surface area contributed by atoms with Gasteiger partial charge in [0.05, 0.1) is 16.9 Å². The average Bonchev–Trinajstić information content (AvgIpc) is 3.10. The molecule has 0 spiro atoms. The first-order valence-corrected chi connectivity index (χ1v) is 17.3. The second-order valence-corrected chi connectivity index (χ2v) is 14.1. The number of pyridine rings is 1. The number of para-hydroxylation sites is 1. The number of hydrogen-bond donors (Lipinski definition) is 1. The molecular formula is C34H34N6O7S2. The Kier molecular flexibility index (Phi) is 11.3. The summed E-state index contributed by atoms with van der Waals surface area (Å²) in [5.74, 6) is 0.561. The van der Waals surface area contributed by atoms with Crippen molar-refractivity contribution in [3.63, 3.8) is 0 Å². The largest absolute Gasteiger partial charge is 0.508 e. The zero-order valence-corrected chi connectivity index (χ0v) is 28.8. The number of ether oxygens (including phenoxy) is 4. The molecule has 0 aliphatic rings. The lowest BCUT2D eigenvalue weighted by Crippen LogP contribution is -2.18. The molecule has 13 nitrogen and oxygen atoms in total. The van der Waals surface area contributed by atoms with Gasteiger partial charge in [0.25, 0.3) is 10.0 Å². The molecule has 0 aliphatic heterocycles. The molecule has 0 bridgehead atoms. The average molecular weight is 703 g/mol. The predicted molar refractivity (Wildman–Crippen MR) is 182 cm³/mol. The van der Waals surface area contributed by atoms with Gasteiger partial charge in [-0.3, -0.25) is 9.71 Å². The molecule has 15 heteroatoms. The minimum atomic E-state index is -4.16. The lowest BCUT2D eigenvalue weighted by atomic mass is 9.87. The van der Waals surface area contributed by atoms with E-state index in [1.165, 1.54) is 19.5 Å². The van der Waals surface area contributed by atoms with Crippen LogP contribution in [0.15, 0.2) is 106 Å². The number of nitrogens with one attached hydrogen (secondary N) is 1. The van der Waals surface area contributed by atoms with Crippen LogP contribution in [0.2, 0.25) is 0 Å². The molecule has 0 saturated heterocycles. The van der Waals surface area contributed by atoms with Crippen molar-refractivity contribution < 1.29 is 32.2 Å². The molecule has 5 rings (SSSR count). The highest BCUT2D eigenvalue weighted by Crippen LogP contribution is 2.43. The van der Waals surface area contributed by atoms with Crippen molar-refractivity contribution in [3.8, 4) is 23.3 Å². The van der Waals surface area contributed by atoms with Gasteiger partial charge in [0.1, 0.15) is 30.5 Å². The topological polar surface area (TPSA) is 165 Å². The number of hydrogen-bond acceptors (Lipinski definition) is 13. The van der Waals surface area contributed by atoms with Crippen LogP contribution in [0.25, 0.3) is 11.6 Å². The number of rotatable bonds is 13. The van der Waals surface area contributed by atoms with Gasteiger partial charge in [0.2, 0.25) is 11.7 Å². The Morgan fingerprint density at radius 2 is 1.61 bits per heavy atom. The number of anilines is 1. The molecule has 1 N–H and O–H groups in total. The number of sulfonamides is 1. The van der Waals surface area contributed by atoms with Crippen LogP contribution in [0.5, 0.6) is 11.6 Å². The van der Waals surface area contributed by atoms with Gasteiger partial charge < -0.3 is 18.9 Å². The quantitative estimate of drug-likeness (QED) is 0.107. The van der Waals surface area contributed by atoms with E-state index < -0.39 is 16.2 Å². The highest BCUT2D eigenvalue weighted by Gasteiger charge is 2.26. The molecule has 3 heterocycles. The van der Waals surface area contributed by atoms with Crippen molar-refractivity contribution >= 4 is 33.8 Å². The van der Waals surface area contributed by atoms with E-state index >= 15 is 0 Å². The summed E-state index contributed by atoms with van der Waals surface area (Å²) < 4.78 is 52.1. The number of methoxy groups -OCH3 is 1. The first-order valence-electron chi connectivity index (χ1n) is 15.0. The van der Waals surface area contributed by atoms with Crippen molar-refractivity contribution in [2.45, 2.75) is 47.5 Å². The molecule has 0 radical (unpaired) electrons. The Morgan fingerprint density at radius 1 is 0.857 bits per heavy atom. The van der Waals surface area contributed by atoms with E-state index in [1.54, 1.807) is 67.0 Å². The third-order valence-corrected chi connectivity index (χ3v) is 9.25. The van der Waals surface area contributed by atoms with Gasteiger partial charge in [0.15, 0.2) is 11.6 Å². The fourth-order valence-electron chi connectivity index (χ4n) is 4.27. The molecule has 3 aromatic heterocycles. The van der Waals surface area contributed by atoms with Crippen LogP contribution in [0.3, 0.4) is 0 Å². The molecule has 49 heavy (non-hydrogen) atoms. The van der Waals surface area contributed by atoms with Crippen LogP contribution < -0.4 is 14.2 Å². The molecular weight excluding hydrogens is 669 g/mol. The SMILES string of the molecule is COc1ccccc1Sc1c(NS(=O)(=O)c2ccc(C(C)(C)C)cc2)nc(-c2ncccn2)nc1OCCOC(=O)OCc1cccnc1. The highest BCUT2D eigenvalue weighted by molar-refractivity contribution is 7.99. The molecule has 5 aromatic rings. The van der Waals surface area contributed by atoms with Crippen LogP contribution >= 0.6 is 11.8 Å². The van der Waals surface area contributed by atoms with Crippen LogP contribution in [-0.2, 0) is 31.5 Å². The number of carbonyl (C=O) groups is 1. The first kappa shape index (κ1) is 35.0. The van der Waals surface area contributed by atoms with Gasteiger partial charge in [-0.1, -0.05) is 62.9 Å². The molecule has 0 aliphatic carbocycles. The van der Waals surface area contributed by atoms with Gasteiger partial charge >= 0.3 is 6.16 Å². The summed E-state index contributed by atoms with van der Waals surface area (Å²) in [5.41, 5.74) is 1.51. The fourth-order valence-corrected chi connectivity index (χ4v) is 6.35. The van der Waals surface area contributed by atoms with Crippen molar-refractivity contribution in [1.82, 2.24) is 24.9 Å². The zero-order chi connectivity index (χ0) is 34.9. The lowest BCUT2D eigenvalue weighted by Gasteiger charge is -2.20. The van der Waals surface area contributed by atoms with Gasteiger partial charge in [0, 0.05) is 30.4 Å². The summed E-state index contributed by atoms with van der Waals surface area (Å²) in [6.45, 7) is 5.76.